The van der Waals surface area contributed by atoms with Crippen LogP contribution < -0.4 is 4.57 Å². The number of ether oxygens (including phenoxy) is 1. The van der Waals surface area contributed by atoms with Crippen LogP contribution in [0.4, 0.5) is 0 Å². The molecule has 0 bridgehead atoms. The summed E-state index contributed by atoms with van der Waals surface area (Å²) in [5.74, 6) is -0.223. The average molecular weight is 248 g/mol. The van der Waals surface area contributed by atoms with Crippen molar-refractivity contribution in [3.8, 4) is 0 Å². The van der Waals surface area contributed by atoms with Gasteiger partial charge >= 0.3 is 5.97 Å². The first-order chi connectivity index (χ1) is 8.84. The maximum absolute atomic E-state index is 11.4. The van der Waals surface area contributed by atoms with Gasteiger partial charge in [-0.3, -0.25) is 4.79 Å². The lowest BCUT2D eigenvalue weighted by Crippen LogP contribution is -2.33. The van der Waals surface area contributed by atoms with Gasteiger partial charge in [0.2, 0.25) is 0 Å². The molecule has 2 aromatic heterocycles. The summed E-state index contributed by atoms with van der Waals surface area (Å²) in [4.78, 5) is 11.4. The van der Waals surface area contributed by atoms with Crippen molar-refractivity contribution in [3.05, 3.63) is 36.9 Å². The lowest BCUT2D eigenvalue weighted by Gasteiger charge is -2.02. The summed E-state index contributed by atoms with van der Waals surface area (Å²) in [6.07, 6.45) is 5.65. The van der Waals surface area contributed by atoms with Crippen molar-refractivity contribution in [1.29, 1.82) is 0 Å². The van der Waals surface area contributed by atoms with E-state index in [4.69, 9.17) is 4.74 Å². The molecule has 0 aliphatic rings. The van der Waals surface area contributed by atoms with Gasteiger partial charge in [0.1, 0.15) is 19.4 Å². The Morgan fingerprint density at radius 2 is 2.11 bits per heavy atom. The standard InChI is InChI=1S/C11H14N5O2/c17-11(4-7-15-5-2-1-3-6-15)18-9-8-16-10-12-13-14-16/h1-3,5-6,10H,4,7-9H2/q+1. The molecule has 0 unspecified atom stereocenters. The van der Waals surface area contributed by atoms with Gasteiger partial charge in [-0.05, 0) is 10.4 Å². The molecule has 2 heterocycles. The molecule has 2 aromatic rings. The van der Waals surface area contributed by atoms with Crippen molar-refractivity contribution >= 4 is 5.97 Å². The number of tetrazole rings is 1. The van der Waals surface area contributed by atoms with Crippen molar-refractivity contribution < 1.29 is 14.1 Å². The van der Waals surface area contributed by atoms with Gasteiger partial charge in [-0.2, -0.15) is 0 Å². The molecule has 7 nitrogen and oxygen atoms in total. The van der Waals surface area contributed by atoms with E-state index in [1.165, 1.54) is 11.0 Å². The van der Waals surface area contributed by atoms with Crippen LogP contribution in [-0.4, -0.2) is 32.8 Å². The number of aromatic nitrogens is 5. The van der Waals surface area contributed by atoms with Crippen LogP contribution in [-0.2, 0) is 22.6 Å². The monoisotopic (exact) mass is 248 g/mol. The van der Waals surface area contributed by atoms with Crippen LogP contribution in [0, 0.1) is 0 Å². The van der Waals surface area contributed by atoms with Crippen LogP contribution in [0.15, 0.2) is 36.9 Å². The van der Waals surface area contributed by atoms with E-state index < -0.39 is 0 Å². The Kier molecular flexibility index (Phi) is 4.34. The zero-order chi connectivity index (χ0) is 12.6. The maximum atomic E-state index is 11.4. The molecule has 0 aliphatic carbocycles. The quantitative estimate of drug-likeness (QED) is 0.513. The summed E-state index contributed by atoms with van der Waals surface area (Å²) in [7, 11) is 0. The normalized spacial score (nSPS) is 10.2. The number of carbonyl (C=O) groups is 1. The summed E-state index contributed by atoms with van der Waals surface area (Å²) >= 11 is 0. The lowest BCUT2D eigenvalue weighted by atomic mass is 10.4. The minimum Gasteiger partial charge on any atom is -0.464 e. The average Bonchev–Trinajstić information content (AvgIpc) is 2.91. The van der Waals surface area contributed by atoms with Gasteiger partial charge in [-0.1, -0.05) is 6.07 Å². The number of nitrogens with zero attached hydrogens (tertiary/aromatic N) is 5. The Labute approximate surface area is 104 Å². The second-order valence-electron chi connectivity index (χ2n) is 3.66. The van der Waals surface area contributed by atoms with E-state index in [-0.39, 0.29) is 12.6 Å². The van der Waals surface area contributed by atoms with Crippen LogP contribution in [0.1, 0.15) is 6.42 Å². The molecule has 0 spiro atoms. The molecule has 0 N–H and O–H groups in total. The van der Waals surface area contributed by atoms with Gasteiger partial charge in [0.25, 0.3) is 0 Å². The third-order valence-electron chi connectivity index (χ3n) is 2.33. The Morgan fingerprint density at radius 3 is 2.83 bits per heavy atom. The largest absolute Gasteiger partial charge is 0.464 e. The number of hydrogen-bond acceptors (Lipinski definition) is 5. The SMILES string of the molecule is O=C(CC[n+]1ccccc1)OCCn1cnnn1. The highest BCUT2D eigenvalue weighted by Crippen LogP contribution is 1.89. The molecule has 18 heavy (non-hydrogen) atoms. The zero-order valence-corrected chi connectivity index (χ0v) is 9.85. The van der Waals surface area contributed by atoms with Crippen molar-refractivity contribution in [1.82, 2.24) is 20.2 Å². The van der Waals surface area contributed by atoms with Gasteiger partial charge in [0.15, 0.2) is 18.9 Å². The van der Waals surface area contributed by atoms with E-state index in [1.807, 2.05) is 35.2 Å². The summed E-state index contributed by atoms with van der Waals surface area (Å²) in [5, 5.41) is 10.6. The van der Waals surface area contributed by atoms with E-state index in [1.54, 1.807) is 0 Å². The highest BCUT2D eigenvalue weighted by Gasteiger charge is 2.07. The third kappa shape index (κ3) is 3.93. The summed E-state index contributed by atoms with van der Waals surface area (Å²) < 4.78 is 8.51. The van der Waals surface area contributed by atoms with Gasteiger partial charge < -0.3 is 4.74 Å². The molecule has 0 aromatic carbocycles. The fourth-order valence-electron chi connectivity index (χ4n) is 1.41. The van der Waals surface area contributed by atoms with E-state index >= 15 is 0 Å². The summed E-state index contributed by atoms with van der Waals surface area (Å²) in [6, 6.07) is 5.77. The van der Waals surface area contributed by atoms with Crippen LogP contribution in [0.25, 0.3) is 0 Å². The van der Waals surface area contributed by atoms with E-state index in [0.29, 0.717) is 19.5 Å². The van der Waals surface area contributed by atoms with Gasteiger partial charge in [0.05, 0.1) is 6.54 Å². The smallest absolute Gasteiger partial charge is 0.312 e. The van der Waals surface area contributed by atoms with Gasteiger partial charge in [-0.25, -0.2) is 9.25 Å². The maximum Gasteiger partial charge on any atom is 0.312 e. The summed E-state index contributed by atoms with van der Waals surface area (Å²) in [6.45, 7) is 1.37. The van der Waals surface area contributed by atoms with Crippen molar-refractivity contribution in [2.75, 3.05) is 6.61 Å². The molecule has 2 rings (SSSR count). The first kappa shape index (κ1) is 12.2. The highest BCUT2D eigenvalue weighted by atomic mass is 16.5. The zero-order valence-electron chi connectivity index (χ0n) is 9.85. The lowest BCUT2D eigenvalue weighted by molar-refractivity contribution is -0.696. The molecule has 0 radical (unpaired) electrons. The Hall–Kier alpha value is -2.31. The van der Waals surface area contributed by atoms with Crippen LogP contribution in [0.3, 0.4) is 0 Å². The predicted molar refractivity (Wildman–Crippen MR) is 60.0 cm³/mol. The molecule has 0 saturated heterocycles. The summed E-state index contributed by atoms with van der Waals surface area (Å²) in [5.41, 5.74) is 0. The molecule has 0 saturated carbocycles. The first-order valence-electron chi connectivity index (χ1n) is 5.65. The highest BCUT2D eigenvalue weighted by molar-refractivity contribution is 5.68. The number of rotatable bonds is 6. The van der Waals surface area contributed by atoms with Gasteiger partial charge in [-0.15, -0.1) is 5.10 Å². The fourth-order valence-corrected chi connectivity index (χ4v) is 1.41. The molecule has 7 heteroatoms. The molecule has 94 valence electrons. The minimum absolute atomic E-state index is 0.223. The third-order valence-corrected chi connectivity index (χ3v) is 2.33. The Balaban J connectivity index is 1.63. The number of esters is 1. The van der Waals surface area contributed by atoms with Crippen LogP contribution in [0.5, 0.6) is 0 Å². The number of hydrogen-bond donors (Lipinski definition) is 0. The number of carbonyl (C=O) groups excluding carboxylic acids is 1. The predicted octanol–water partition coefficient (Wildman–Crippen LogP) is -0.406. The Bertz CT molecular complexity index is 471. The second kappa shape index (κ2) is 6.43. The van der Waals surface area contributed by atoms with E-state index in [9.17, 15) is 4.79 Å². The minimum atomic E-state index is -0.223. The number of aryl methyl sites for hydroxylation is 1. The van der Waals surface area contributed by atoms with Crippen molar-refractivity contribution in [3.63, 3.8) is 0 Å². The molecule has 0 fully saturated rings. The molecule has 0 aliphatic heterocycles. The topological polar surface area (TPSA) is 73.8 Å². The molecule has 0 amide bonds. The van der Waals surface area contributed by atoms with Gasteiger partial charge in [0, 0.05) is 12.1 Å². The molecular weight excluding hydrogens is 234 g/mol. The Morgan fingerprint density at radius 1 is 1.28 bits per heavy atom. The van der Waals surface area contributed by atoms with Crippen LogP contribution in [0.2, 0.25) is 0 Å². The fraction of sp³-hybridized carbons (Fsp3) is 0.364. The first-order valence-corrected chi connectivity index (χ1v) is 5.65. The van der Waals surface area contributed by atoms with E-state index in [2.05, 4.69) is 15.5 Å². The number of pyridine rings is 1. The second-order valence-corrected chi connectivity index (χ2v) is 3.66. The van der Waals surface area contributed by atoms with Crippen LogP contribution >= 0.6 is 0 Å². The van der Waals surface area contributed by atoms with Crippen molar-refractivity contribution in [2.24, 2.45) is 0 Å². The molecular formula is C11H14N5O2+. The van der Waals surface area contributed by atoms with E-state index in [0.717, 1.165) is 0 Å². The molecule has 0 atom stereocenters. The van der Waals surface area contributed by atoms with Crippen molar-refractivity contribution in [2.45, 2.75) is 19.5 Å².